The van der Waals surface area contributed by atoms with Crippen molar-refractivity contribution in [3.63, 3.8) is 0 Å². The second kappa shape index (κ2) is 8.44. The third-order valence-corrected chi connectivity index (χ3v) is 5.65. The van der Waals surface area contributed by atoms with Crippen molar-refractivity contribution in [2.75, 3.05) is 11.1 Å². The molecule has 0 saturated heterocycles. The Morgan fingerprint density at radius 1 is 1.16 bits per heavy atom. The maximum atomic E-state index is 12.2. The Balaban J connectivity index is 1.94. The molecule has 0 unspecified atom stereocenters. The van der Waals surface area contributed by atoms with E-state index in [1.54, 1.807) is 24.3 Å². The van der Waals surface area contributed by atoms with Crippen molar-refractivity contribution in [1.29, 1.82) is 0 Å². The van der Waals surface area contributed by atoms with Gasteiger partial charge in [0.1, 0.15) is 5.75 Å². The number of carbonyl (C=O) groups excluding carboxylic acids is 1. The number of carbonyl (C=O) groups is 2. The molecule has 1 fully saturated rings. The Kier molecular flexibility index (Phi) is 6.55. The molecule has 3 N–H and O–H groups in total. The number of carboxylic acid groups (broad SMARTS) is 1. The van der Waals surface area contributed by atoms with Gasteiger partial charge in [-0.1, -0.05) is 25.1 Å². The van der Waals surface area contributed by atoms with Gasteiger partial charge in [0.25, 0.3) is 0 Å². The fourth-order valence-corrected chi connectivity index (χ4v) is 4.24. The molecule has 0 aliphatic heterocycles. The van der Waals surface area contributed by atoms with E-state index in [0.717, 1.165) is 25.7 Å². The maximum Gasteiger partial charge on any atom is 0.307 e. The van der Waals surface area contributed by atoms with E-state index >= 15 is 0 Å². The molecule has 1 aliphatic carbocycles. The highest BCUT2D eigenvalue weighted by molar-refractivity contribution is 7.90. The zero-order valence-corrected chi connectivity index (χ0v) is 15.0. The Morgan fingerprint density at radius 2 is 1.80 bits per heavy atom. The van der Waals surface area contributed by atoms with Crippen molar-refractivity contribution in [3.8, 4) is 0 Å². The van der Waals surface area contributed by atoms with Gasteiger partial charge in [-0.15, -0.1) is 0 Å². The molecule has 1 aromatic rings. The predicted octanol–water partition coefficient (Wildman–Crippen LogP) is 1.75. The highest BCUT2D eigenvalue weighted by Gasteiger charge is 2.25. The zero-order chi connectivity index (χ0) is 18.4. The van der Waals surface area contributed by atoms with Crippen LogP contribution in [-0.2, 0) is 26.0 Å². The van der Waals surface area contributed by atoms with Crippen LogP contribution in [0.2, 0.25) is 0 Å². The molecule has 0 atom stereocenters. The molecule has 0 aromatic heterocycles. The van der Waals surface area contributed by atoms with E-state index in [0.29, 0.717) is 17.2 Å². The predicted molar refractivity (Wildman–Crippen MR) is 94.8 cm³/mol. The first-order chi connectivity index (χ1) is 11.7. The quantitative estimate of drug-likeness (QED) is 0.679. The largest absolute Gasteiger partial charge is 0.481 e. The van der Waals surface area contributed by atoms with E-state index in [9.17, 15) is 18.0 Å². The van der Waals surface area contributed by atoms with Crippen LogP contribution in [0.4, 0.5) is 5.69 Å². The van der Waals surface area contributed by atoms with Crippen molar-refractivity contribution >= 4 is 27.6 Å². The summed E-state index contributed by atoms with van der Waals surface area (Å²) in [6.07, 6.45) is 3.26. The summed E-state index contributed by atoms with van der Waals surface area (Å²) < 4.78 is 27.0. The van der Waals surface area contributed by atoms with Gasteiger partial charge in [0.15, 0.2) is 0 Å². The number of rotatable bonds is 7. The molecule has 8 heteroatoms. The van der Waals surface area contributed by atoms with Gasteiger partial charge in [0.05, 0.1) is 6.42 Å². The molecule has 0 spiro atoms. The van der Waals surface area contributed by atoms with Crippen molar-refractivity contribution in [1.82, 2.24) is 4.72 Å². The number of aliphatic carboxylic acids is 1. The lowest BCUT2D eigenvalue weighted by Crippen LogP contribution is -2.41. The van der Waals surface area contributed by atoms with Gasteiger partial charge < -0.3 is 10.4 Å². The van der Waals surface area contributed by atoms with Crippen LogP contribution in [0, 0.1) is 5.92 Å². The Hall–Kier alpha value is -1.93. The SMILES string of the molecule is CC1CCC(NS(=O)(=O)CC(=O)Nc2ccccc2CC(=O)O)CC1. The average Bonchev–Trinajstić information content (AvgIpc) is 2.50. The number of amides is 1. The monoisotopic (exact) mass is 368 g/mol. The molecular formula is C17H24N2O5S. The van der Waals surface area contributed by atoms with Gasteiger partial charge in [-0.2, -0.15) is 0 Å². The van der Waals surface area contributed by atoms with Gasteiger partial charge in [-0.05, 0) is 43.2 Å². The maximum absolute atomic E-state index is 12.2. The molecule has 2 rings (SSSR count). The summed E-state index contributed by atoms with van der Waals surface area (Å²) in [7, 11) is -3.73. The van der Waals surface area contributed by atoms with Crippen molar-refractivity contribution in [3.05, 3.63) is 29.8 Å². The Morgan fingerprint density at radius 3 is 2.44 bits per heavy atom. The lowest BCUT2D eigenvalue weighted by Gasteiger charge is -2.26. The van der Waals surface area contributed by atoms with Gasteiger partial charge in [-0.25, -0.2) is 13.1 Å². The van der Waals surface area contributed by atoms with Crippen LogP contribution in [-0.4, -0.2) is 37.2 Å². The Bertz CT molecular complexity index is 724. The first-order valence-corrected chi connectivity index (χ1v) is 10.00. The molecule has 138 valence electrons. The third-order valence-electron chi connectivity index (χ3n) is 4.32. The van der Waals surface area contributed by atoms with Gasteiger partial charge in [-0.3, -0.25) is 9.59 Å². The molecule has 1 aliphatic rings. The van der Waals surface area contributed by atoms with Gasteiger partial charge in [0.2, 0.25) is 15.9 Å². The fourth-order valence-electron chi connectivity index (χ4n) is 2.99. The highest BCUT2D eigenvalue weighted by Crippen LogP contribution is 2.24. The Labute approximate surface area is 147 Å². The molecule has 0 radical (unpaired) electrons. The standard InChI is InChI=1S/C17H24N2O5S/c1-12-6-8-14(9-7-12)19-25(23,24)11-16(20)18-15-5-3-2-4-13(15)10-17(21)22/h2-5,12,14,19H,6-11H2,1H3,(H,18,20)(H,21,22). The van der Waals surface area contributed by atoms with Gasteiger partial charge in [0, 0.05) is 11.7 Å². The van der Waals surface area contributed by atoms with Crippen LogP contribution in [0.3, 0.4) is 0 Å². The van der Waals surface area contributed by atoms with E-state index in [1.807, 2.05) is 0 Å². The van der Waals surface area contributed by atoms with Crippen LogP contribution in [0.1, 0.15) is 38.2 Å². The fraction of sp³-hybridized carbons (Fsp3) is 0.529. The van der Waals surface area contributed by atoms with Crippen molar-refractivity contribution in [2.45, 2.75) is 45.1 Å². The summed E-state index contributed by atoms with van der Waals surface area (Å²) in [5, 5.41) is 11.4. The molecule has 1 amide bonds. The minimum atomic E-state index is -3.73. The molecule has 0 heterocycles. The molecule has 1 saturated carbocycles. The van der Waals surface area contributed by atoms with Crippen molar-refractivity contribution < 1.29 is 23.1 Å². The van der Waals surface area contributed by atoms with E-state index in [-0.39, 0.29) is 12.5 Å². The summed E-state index contributed by atoms with van der Waals surface area (Å²) in [6, 6.07) is 6.33. The number of anilines is 1. The lowest BCUT2D eigenvalue weighted by atomic mass is 9.88. The second-order valence-corrected chi connectivity index (χ2v) is 8.36. The normalized spacial score (nSPS) is 20.8. The highest BCUT2D eigenvalue weighted by atomic mass is 32.2. The topological polar surface area (TPSA) is 113 Å². The molecule has 0 bridgehead atoms. The second-order valence-electron chi connectivity index (χ2n) is 6.61. The number of hydrogen-bond acceptors (Lipinski definition) is 4. The van der Waals surface area contributed by atoms with Crippen LogP contribution in [0.5, 0.6) is 0 Å². The molecular weight excluding hydrogens is 344 g/mol. The lowest BCUT2D eigenvalue weighted by molar-refractivity contribution is -0.136. The first kappa shape index (κ1) is 19.4. The third kappa shape index (κ3) is 6.47. The average molecular weight is 368 g/mol. The minimum Gasteiger partial charge on any atom is -0.481 e. The van der Waals surface area contributed by atoms with Crippen LogP contribution in [0.25, 0.3) is 0 Å². The number of nitrogens with one attached hydrogen (secondary N) is 2. The molecule has 1 aromatic carbocycles. The van der Waals surface area contributed by atoms with Crippen LogP contribution in [0.15, 0.2) is 24.3 Å². The summed E-state index contributed by atoms with van der Waals surface area (Å²) >= 11 is 0. The molecule has 7 nitrogen and oxygen atoms in total. The van der Waals surface area contributed by atoms with E-state index in [2.05, 4.69) is 17.0 Å². The molecule has 25 heavy (non-hydrogen) atoms. The summed E-state index contributed by atoms with van der Waals surface area (Å²) in [5.41, 5.74) is 0.742. The minimum absolute atomic E-state index is 0.117. The van der Waals surface area contributed by atoms with Gasteiger partial charge >= 0.3 is 5.97 Å². The van der Waals surface area contributed by atoms with Crippen LogP contribution < -0.4 is 10.0 Å². The number of para-hydroxylation sites is 1. The summed E-state index contributed by atoms with van der Waals surface area (Å²) in [5.74, 6) is -1.78. The number of benzene rings is 1. The van der Waals surface area contributed by atoms with Crippen molar-refractivity contribution in [2.24, 2.45) is 5.92 Å². The zero-order valence-electron chi connectivity index (χ0n) is 14.2. The first-order valence-electron chi connectivity index (χ1n) is 8.35. The number of carboxylic acids is 1. The number of hydrogen-bond donors (Lipinski definition) is 3. The summed E-state index contributed by atoms with van der Waals surface area (Å²) in [4.78, 5) is 22.9. The van der Waals surface area contributed by atoms with E-state index in [4.69, 9.17) is 5.11 Å². The summed E-state index contributed by atoms with van der Waals surface area (Å²) in [6.45, 7) is 2.15. The number of sulfonamides is 1. The van der Waals surface area contributed by atoms with E-state index in [1.165, 1.54) is 0 Å². The van der Waals surface area contributed by atoms with E-state index < -0.39 is 27.7 Å². The smallest absolute Gasteiger partial charge is 0.307 e. The van der Waals surface area contributed by atoms with Crippen LogP contribution >= 0.6 is 0 Å².